The van der Waals surface area contributed by atoms with E-state index < -0.39 is 0 Å². The normalized spacial score (nSPS) is 13.9. The van der Waals surface area contributed by atoms with E-state index in [1.807, 2.05) is 0 Å². The summed E-state index contributed by atoms with van der Waals surface area (Å²) in [4.78, 5) is 19.3. The Hall–Kier alpha value is -2.21. The number of nitrogens with zero attached hydrogens (tertiary/aromatic N) is 3. The Morgan fingerprint density at radius 3 is 2.82 bits per heavy atom. The fourth-order valence-corrected chi connectivity index (χ4v) is 2.45. The second-order valence-electron chi connectivity index (χ2n) is 5.38. The number of halogens is 1. The predicted molar refractivity (Wildman–Crippen MR) is 83.9 cm³/mol. The minimum absolute atomic E-state index is 0.0911. The average Bonchev–Trinajstić information content (AvgIpc) is 3.28. The minimum Gasteiger partial charge on any atom is -0.366 e. The van der Waals surface area contributed by atoms with Crippen molar-refractivity contribution in [2.45, 2.75) is 25.8 Å². The maximum atomic E-state index is 11.0. The summed E-state index contributed by atoms with van der Waals surface area (Å²) in [5, 5.41) is 14.5. The second kappa shape index (κ2) is 6.27. The quantitative estimate of drug-likeness (QED) is 0.500. The van der Waals surface area contributed by atoms with Gasteiger partial charge in [0.25, 0.3) is 5.69 Å². The third kappa shape index (κ3) is 3.71. The summed E-state index contributed by atoms with van der Waals surface area (Å²) < 4.78 is 0. The minimum atomic E-state index is -0.386. The number of nitro benzene ring substituents is 1. The molecule has 0 bridgehead atoms. The number of benzene rings is 1. The van der Waals surface area contributed by atoms with Gasteiger partial charge in [-0.25, -0.2) is 9.97 Å². The van der Waals surface area contributed by atoms with Gasteiger partial charge in [0, 0.05) is 30.7 Å². The van der Waals surface area contributed by atoms with Crippen LogP contribution in [0.3, 0.4) is 0 Å². The lowest BCUT2D eigenvalue weighted by Crippen LogP contribution is -2.07. The summed E-state index contributed by atoms with van der Waals surface area (Å²) in [6.45, 7) is 0.313. The molecule has 0 spiro atoms. The molecule has 1 aliphatic rings. The average molecular weight is 319 g/mol. The van der Waals surface area contributed by atoms with Gasteiger partial charge in [-0.05, 0) is 18.8 Å². The van der Waals surface area contributed by atoms with Gasteiger partial charge in [-0.3, -0.25) is 10.1 Å². The lowest BCUT2D eigenvalue weighted by Gasteiger charge is -2.08. The van der Waals surface area contributed by atoms with Gasteiger partial charge in [0.1, 0.15) is 16.8 Å². The maximum Gasteiger partial charge on any atom is 0.274 e. The molecule has 0 atom stereocenters. The molecule has 1 fully saturated rings. The zero-order valence-corrected chi connectivity index (χ0v) is 12.6. The zero-order valence-electron chi connectivity index (χ0n) is 11.8. The van der Waals surface area contributed by atoms with Crippen LogP contribution in [-0.2, 0) is 13.0 Å². The van der Waals surface area contributed by atoms with E-state index in [1.54, 1.807) is 24.3 Å². The molecule has 114 valence electrons. The van der Waals surface area contributed by atoms with Gasteiger partial charge in [0.05, 0.1) is 4.92 Å². The van der Waals surface area contributed by atoms with Gasteiger partial charge in [0.2, 0.25) is 0 Å². The Morgan fingerprint density at radius 1 is 1.32 bits per heavy atom. The SMILES string of the molecule is O=[N+]([O-])c1ccccc1CNc1cc(Cl)nc(CC2CC2)n1. The summed E-state index contributed by atoms with van der Waals surface area (Å²) >= 11 is 6.02. The third-order valence-electron chi connectivity index (χ3n) is 3.56. The summed E-state index contributed by atoms with van der Waals surface area (Å²) in [5.74, 6) is 1.98. The Kier molecular flexibility index (Phi) is 4.20. The first-order valence-corrected chi connectivity index (χ1v) is 7.49. The summed E-state index contributed by atoms with van der Waals surface area (Å²) in [5.41, 5.74) is 0.694. The van der Waals surface area contributed by atoms with E-state index in [0.717, 1.165) is 12.2 Å². The highest BCUT2D eigenvalue weighted by atomic mass is 35.5. The van der Waals surface area contributed by atoms with Crippen molar-refractivity contribution in [2.75, 3.05) is 5.32 Å². The molecule has 1 heterocycles. The van der Waals surface area contributed by atoms with Crippen LogP contribution < -0.4 is 5.32 Å². The van der Waals surface area contributed by atoms with E-state index >= 15 is 0 Å². The molecule has 2 aromatic rings. The number of hydrogen-bond acceptors (Lipinski definition) is 5. The summed E-state index contributed by atoms with van der Waals surface area (Å²) in [7, 11) is 0. The van der Waals surface area contributed by atoms with Crippen LogP contribution in [0.4, 0.5) is 11.5 Å². The van der Waals surface area contributed by atoms with Gasteiger partial charge in [-0.2, -0.15) is 0 Å². The number of nitrogens with one attached hydrogen (secondary N) is 1. The van der Waals surface area contributed by atoms with Gasteiger partial charge < -0.3 is 5.32 Å². The van der Waals surface area contributed by atoms with Gasteiger partial charge in [-0.1, -0.05) is 29.8 Å². The van der Waals surface area contributed by atoms with Crippen molar-refractivity contribution in [1.82, 2.24) is 9.97 Å². The highest BCUT2D eigenvalue weighted by molar-refractivity contribution is 6.29. The van der Waals surface area contributed by atoms with Crippen molar-refractivity contribution < 1.29 is 4.92 Å². The topological polar surface area (TPSA) is 81.0 Å². The van der Waals surface area contributed by atoms with Crippen LogP contribution in [0.25, 0.3) is 0 Å². The molecule has 3 rings (SSSR count). The number of rotatable bonds is 6. The fourth-order valence-electron chi connectivity index (χ4n) is 2.25. The van der Waals surface area contributed by atoms with Crippen LogP contribution in [0.15, 0.2) is 30.3 Å². The Balaban J connectivity index is 1.73. The van der Waals surface area contributed by atoms with Crippen LogP contribution in [0.1, 0.15) is 24.2 Å². The molecule has 1 N–H and O–H groups in total. The second-order valence-corrected chi connectivity index (χ2v) is 5.77. The van der Waals surface area contributed by atoms with E-state index in [9.17, 15) is 10.1 Å². The van der Waals surface area contributed by atoms with Gasteiger partial charge >= 0.3 is 0 Å². The van der Waals surface area contributed by atoms with E-state index in [0.29, 0.717) is 29.0 Å². The van der Waals surface area contributed by atoms with E-state index in [1.165, 1.54) is 18.9 Å². The van der Waals surface area contributed by atoms with Crippen molar-refractivity contribution >= 4 is 23.1 Å². The van der Waals surface area contributed by atoms with E-state index in [2.05, 4.69) is 15.3 Å². The molecule has 0 saturated heterocycles. The first kappa shape index (κ1) is 14.7. The maximum absolute atomic E-state index is 11.0. The molecule has 7 heteroatoms. The number of nitro groups is 1. The van der Waals surface area contributed by atoms with Crippen molar-refractivity contribution in [1.29, 1.82) is 0 Å². The van der Waals surface area contributed by atoms with Crippen LogP contribution in [0, 0.1) is 16.0 Å². The number of hydrogen-bond donors (Lipinski definition) is 1. The number of anilines is 1. The van der Waals surface area contributed by atoms with E-state index in [4.69, 9.17) is 11.6 Å². The molecule has 6 nitrogen and oxygen atoms in total. The molecule has 1 aromatic heterocycles. The van der Waals surface area contributed by atoms with Crippen LogP contribution >= 0.6 is 11.6 Å². The molecular weight excluding hydrogens is 304 g/mol. The van der Waals surface area contributed by atoms with Crippen LogP contribution in [0.5, 0.6) is 0 Å². The predicted octanol–water partition coefficient (Wildman–Crippen LogP) is 3.60. The molecule has 0 radical (unpaired) electrons. The first-order valence-electron chi connectivity index (χ1n) is 7.11. The smallest absolute Gasteiger partial charge is 0.274 e. The molecule has 1 saturated carbocycles. The molecule has 1 aromatic carbocycles. The molecule has 1 aliphatic carbocycles. The molecule has 0 aliphatic heterocycles. The highest BCUT2D eigenvalue weighted by Crippen LogP contribution is 2.32. The summed E-state index contributed by atoms with van der Waals surface area (Å²) in [6.07, 6.45) is 3.27. The monoisotopic (exact) mass is 318 g/mol. The number of aromatic nitrogens is 2. The van der Waals surface area contributed by atoms with E-state index in [-0.39, 0.29) is 10.6 Å². The van der Waals surface area contributed by atoms with Crippen molar-refractivity contribution in [3.8, 4) is 0 Å². The Bertz CT molecular complexity index is 704. The van der Waals surface area contributed by atoms with Crippen LogP contribution in [-0.4, -0.2) is 14.9 Å². The van der Waals surface area contributed by atoms with Gasteiger partial charge in [-0.15, -0.1) is 0 Å². The Labute approximate surface area is 132 Å². The van der Waals surface area contributed by atoms with Crippen molar-refractivity contribution in [3.63, 3.8) is 0 Å². The highest BCUT2D eigenvalue weighted by Gasteiger charge is 2.23. The number of para-hydroxylation sites is 1. The van der Waals surface area contributed by atoms with Gasteiger partial charge in [0.15, 0.2) is 0 Å². The molecule has 0 amide bonds. The molecule has 0 unspecified atom stereocenters. The van der Waals surface area contributed by atoms with Crippen LogP contribution in [0.2, 0.25) is 5.15 Å². The zero-order chi connectivity index (χ0) is 15.5. The lowest BCUT2D eigenvalue weighted by molar-refractivity contribution is -0.385. The summed E-state index contributed by atoms with van der Waals surface area (Å²) in [6, 6.07) is 8.26. The van der Waals surface area contributed by atoms with Crippen molar-refractivity contribution in [3.05, 3.63) is 57.0 Å². The first-order chi connectivity index (χ1) is 10.6. The Morgan fingerprint density at radius 2 is 2.09 bits per heavy atom. The fraction of sp³-hybridized carbons (Fsp3) is 0.333. The van der Waals surface area contributed by atoms with Crippen molar-refractivity contribution in [2.24, 2.45) is 5.92 Å². The largest absolute Gasteiger partial charge is 0.366 e. The lowest BCUT2D eigenvalue weighted by atomic mass is 10.2. The molecular formula is C15H15ClN4O2. The third-order valence-corrected chi connectivity index (χ3v) is 3.75. The standard InChI is InChI=1S/C15H15ClN4O2/c16-13-8-14(19-15(18-13)7-10-5-6-10)17-9-11-3-1-2-4-12(11)20(21)22/h1-4,8,10H,5-7,9H2,(H,17,18,19). The molecule has 22 heavy (non-hydrogen) atoms.